The number of nitro benzene ring substituents is 1. The van der Waals surface area contributed by atoms with Crippen LogP contribution in [0.15, 0.2) is 60.0 Å². The fraction of sp³-hybridized carbons (Fsp3) is 0.111. The molecule has 138 valence electrons. The van der Waals surface area contributed by atoms with Crippen LogP contribution in [0.2, 0.25) is 5.02 Å². The zero-order valence-corrected chi connectivity index (χ0v) is 15.8. The number of hydrogen-bond acceptors (Lipinski definition) is 5. The fourth-order valence-corrected chi connectivity index (χ4v) is 3.37. The summed E-state index contributed by atoms with van der Waals surface area (Å²) in [6, 6.07) is 11.9. The first-order valence-corrected chi connectivity index (χ1v) is 9.28. The molecule has 0 radical (unpaired) electrons. The monoisotopic (exact) mass is 402 g/mol. The number of anilines is 1. The second-order valence-electron chi connectivity index (χ2n) is 5.62. The lowest BCUT2D eigenvalue weighted by atomic mass is 10.1. The van der Waals surface area contributed by atoms with Crippen LogP contribution in [0.1, 0.15) is 5.56 Å². The molecule has 1 aromatic heterocycles. The van der Waals surface area contributed by atoms with Crippen LogP contribution in [0.25, 0.3) is 5.69 Å². The van der Waals surface area contributed by atoms with Crippen molar-refractivity contribution in [2.24, 2.45) is 0 Å². The van der Waals surface area contributed by atoms with E-state index < -0.39 is 4.92 Å². The highest BCUT2D eigenvalue weighted by molar-refractivity contribution is 7.99. The topological polar surface area (TPSA) is 90.1 Å². The molecule has 7 nitrogen and oxygen atoms in total. The summed E-state index contributed by atoms with van der Waals surface area (Å²) < 4.78 is 1.84. The smallest absolute Gasteiger partial charge is 0.293 e. The average Bonchev–Trinajstić information content (AvgIpc) is 3.10. The lowest BCUT2D eigenvalue weighted by molar-refractivity contribution is -0.384. The Balaban J connectivity index is 1.70. The number of nitrogens with zero attached hydrogens (tertiary/aromatic N) is 3. The number of imidazole rings is 1. The van der Waals surface area contributed by atoms with Gasteiger partial charge >= 0.3 is 0 Å². The highest BCUT2D eigenvalue weighted by Crippen LogP contribution is 2.28. The molecule has 27 heavy (non-hydrogen) atoms. The Kier molecular flexibility index (Phi) is 5.78. The van der Waals surface area contributed by atoms with Gasteiger partial charge in [-0.2, -0.15) is 0 Å². The Labute approximate surface area is 164 Å². The molecule has 0 aliphatic rings. The van der Waals surface area contributed by atoms with Crippen molar-refractivity contribution in [2.45, 2.75) is 12.1 Å². The Morgan fingerprint density at radius 2 is 2.04 bits per heavy atom. The third-order valence-corrected chi connectivity index (χ3v) is 4.97. The maximum atomic E-state index is 12.3. The second-order valence-corrected chi connectivity index (χ2v) is 7.00. The summed E-state index contributed by atoms with van der Waals surface area (Å²) in [6.07, 6.45) is 3.43. The van der Waals surface area contributed by atoms with Crippen LogP contribution in [0.5, 0.6) is 0 Å². The van der Waals surface area contributed by atoms with Crippen molar-refractivity contribution in [3.05, 3.63) is 75.6 Å². The van der Waals surface area contributed by atoms with E-state index in [2.05, 4.69) is 10.3 Å². The van der Waals surface area contributed by atoms with Gasteiger partial charge < -0.3 is 5.32 Å². The largest absolute Gasteiger partial charge is 0.319 e. The summed E-state index contributed by atoms with van der Waals surface area (Å²) in [5, 5.41) is 15.0. The molecule has 0 saturated heterocycles. The van der Waals surface area contributed by atoms with Gasteiger partial charge in [0.05, 0.1) is 10.7 Å². The summed E-state index contributed by atoms with van der Waals surface area (Å²) in [7, 11) is 0. The van der Waals surface area contributed by atoms with Gasteiger partial charge in [-0.1, -0.05) is 35.5 Å². The van der Waals surface area contributed by atoms with Crippen LogP contribution >= 0.6 is 23.4 Å². The number of para-hydroxylation sites is 1. The van der Waals surface area contributed by atoms with Gasteiger partial charge in [0.2, 0.25) is 5.91 Å². The van der Waals surface area contributed by atoms with E-state index in [9.17, 15) is 14.9 Å². The van der Waals surface area contributed by atoms with Crippen LogP contribution in [0, 0.1) is 17.0 Å². The minimum absolute atomic E-state index is 0.0656. The van der Waals surface area contributed by atoms with Crippen LogP contribution < -0.4 is 5.32 Å². The van der Waals surface area contributed by atoms with E-state index in [0.29, 0.717) is 15.7 Å². The van der Waals surface area contributed by atoms with Crippen molar-refractivity contribution < 1.29 is 9.72 Å². The molecule has 9 heteroatoms. The molecule has 0 fully saturated rings. The van der Waals surface area contributed by atoms with Gasteiger partial charge in [0, 0.05) is 29.2 Å². The predicted octanol–water partition coefficient (Wildman–Crippen LogP) is 4.47. The van der Waals surface area contributed by atoms with Crippen molar-refractivity contribution in [1.29, 1.82) is 0 Å². The predicted molar refractivity (Wildman–Crippen MR) is 106 cm³/mol. The van der Waals surface area contributed by atoms with Crippen LogP contribution in [0.4, 0.5) is 11.4 Å². The van der Waals surface area contributed by atoms with E-state index in [0.717, 1.165) is 5.69 Å². The molecule has 1 heterocycles. The molecular weight excluding hydrogens is 388 g/mol. The fourth-order valence-electron chi connectivity index (χ4n) is 2.47. The van der Waals surface area contributed by atoms with Crippen molar-refractivity contribution in [2.75, 3.05) is 11.1 Å². The summed E-state index contributed by atoms with van der Waals surface area (Å²) in [4.78, 5) is 27.2. The Bertz CT molecular complexity index is 989. The molecule has 1 amide bonds. The van der Waals surface area contributed by atoms with Crippen molar-refractivity contribution in [3.63, 3.8) is 0 Å². The molecule has 3 aromatic rings. The third-order valence-electron chi connectivity index (χ3n) is 3.76. The maximum absolute atomic E-state index is 12.3. The number of carbonyl (C=O) groups is 1. The van der Waals surface area contributed by atoms with Crippen molar-refractivity contribution >= 4 is 40.6 Å². The maximum Gasteiger partial charge on any atom is 0.293 e. The summed E-state index contributed by atoms with van der Waals surface area (Å²) in [5.41, 5.74) is 1.59. The van der Waals surface area contributed by atoms with Crippen LogP contribution in [-0.2, 0) is 4.79 Å². The number of hydrogen-bond donors (Lipinski definition) is 1. The number of halogens is 1. The number of aromatic nitrogens is 2. The Morgan fingerprint density at radius 3 is 2.74 bits per heavy atom. The van der Waals surface area contributed by atoms with E-state index in [-0.39, 0.29) is 23.0 Å². The van der Waals surface area contributed by atoms with Gasteiger partial charge in [-0.3, -0.25) is 19.5 Å². The molecule has 0 atom stereocenters. The Morgan fingerprint density at radius 1 is 1.30 bits per heavy atom. The molecule has 1 N–H and O–H groups in total. The highest BCUT2D eigenvalue weighted by atomic mass is 35.5. The summed E-state index contributed by atoms with van der Waals surface area (Å²) >= 11 is 7.15. The normalized spacial score (nSPS) is 10.6. The van der Waals surface area contributed by atoms with Gasteiger partial charge in [0.15, 0.2) is 5.16 Å². The number of benzene rings is 2. The molecule has 0 spiro atoms. The number of amides is 1. The third kappa shape index (κ3) is 4.47. The van der Waals surface area contributed by atoms with Crippen LogP contribution in [-0.4, -0.2) is 26.1 Å². The first-order valence-electron chi connectivity index (χ1n) is 7.91. The summed E-state index contributed by atoms with van der Waals surface area (Å²) in [6.45, 7) is 1.71. The van der Waals surface area contributed by atoms with E-state index in [1.165, 1.54) is 17.8 Å². The zero-order valence-electron chi connectivity index (χ0n) is 14.3. The molecule has 3 rings (SSSR count). The number of nitrogens with one attached hydrogen (secondary N) is 1. The van der Waals surface area contributed by atoms with Gasteiger partial charge in [-0.15, -0.1) is 0 Å². The van der Waals surface area contributed by atoms with Crippen LogP contribution in [0.3, 0.4) is 0 Å². The number of carbonyl (C=O) groups excluding carboxylic acids is 1. The zero-order chi connectivity index (χ0) is 19.4. The quantitative estimate of drug-likeness (QED) is 0.373. The first-order chi connectivity index (χ1) is 13.0. The van der Waals surface area contributed by atoms with Gasteiger partial charge in [0.25, 0.3) is 5.69 Å². The lowest BCUT2D eigenvalue weighted by Crippen LogP contribution is -2.16. The van der Waals surface area contributed by atoms with Crippen molar-refractivity contribution in [1.82, 2.24) is 9.55 Å². The number of nitro groups is 1. The minimum Gasteiger partial charge on any atom is -0.319 e. The summed E-state index contributed by atoms with van der Waals surface area (Å²) in [5.74, 6) is -0.279. The van der Waals surface area contributed by atoms with E-state index in [4.69, 9.17) is 11.6 Å². The second kappa shape index (κ2) is 8.24. The van der Waals surface area contributed by atoms with Crippen molar-refractivity contribution in [3.8, 4) is 5.69 Å². The molecule has 2 aromatic carbocycles. The van der Waals surface area contributed by atoms with Gasteiger partial charge in [-0.05, 0) is 36.8 Å². The first kappa shape index (κ1) is 18.9. The number of thioether (sulfide) groups is 1. The number of rotatable bonds is 6. The van der Waals surface area contributed by atoms with Gasteiger partial charge in [-0.25, -0.2) is 4.98 Å². The number of aryl methyl sites for hydroxylation is 1. The molecular formula is C18H15ClN4O3S. The van der Waals surface area contributed by atoms with E-state index in [1.807, 2.05) is 16.7 Å². The SMILES string of the molecule is Cc1cccc([N+](=O)[O-])c1NC(=O)CSc1nccn1-c1ccc(Cl)cc1. The highest BCUT2D eigenvalue weighted by Gasteiger charge is 2.18. The molecule has 0 aliphatic heterocycles. The molecule has 0 bridgehead atoms. The molecule has 0 unspecified atom stereocenters. The van der Waals surface area contributed by atoms with Gasteiger partial charge in [0.1, 0.15) is 5.69 Å². The Hall–Kier alpha value is -2.84. The van der Waals surface area contributed by atoms with E-state index in [1.54, 1.807) is 43.6 Å². The minimum atomic E-state index is -0.511. The standard InChI is InChI=1S/C18H15ClN4O3S/c1-12-3-2-4-15(23(25)26)17(12)21-16(24)11-27-18-20-9-10-22(18)14-7-5-13(19)6-8-14/h2-10H,11H2,1H3,(H,21,24). The molecule has 0 saturated carbocycles. The lowest BCUT2D eigenvalue weighted by Gasteiger charge is -2.10. The molecule has 0 aliphatic carbocycles. The average molecular weight is 403 g/mol. The van der Waals surface area contributed by atoms with E-state index >= 15 is 0 Å².